The summed E-state index contributed by atoms with van der Waals surface area (Å²) in [6, 6.07) is 7.04. The van der Waals surface area contributed by atoms with Gasteiger partial charge in [-0.15, -0.1) is 0 Å². The molecule has 1 rings (SSSR count). The lowest BCUT2D eigenvalue weighted by molar-refractivity contribution is 0.101. The lowest BCUT2D eigenvalue weighted by Gasteiger charge is -2.05. The third-order valence-corrected chi connectivity index (χ3v) is 1.81. The Labute approximate surface area is 83.3 Å². The molecule has 0 saturated heterocycles. The second-order valence-electron chi connectivity index (χ2n) is 3.01. The zero-order valence-electron chi connectivity index (χ0n) is 8.19. The number of ketones is 1. The maximum Gasteiger partial charge on any atom is 0.159 e. The van der Waals surface area contributed by atoms with Gasteiger partial charge in [-0.2, -0.15) is 0 Å². The van der Waals surface area contributed by atoms with Crippen LogP contribution in [0.5, 0.6) is 5.75 Å². The van der Waals surface area contributed by atoms with Gasteiger partial charge in [0, 0.05) is 18.6 Å². The molecule has 0 spiro atoms. The second kappa shape index (κ2) is 5.40. The van der Waals surface area contributed by atoms with Crippen LogP contribution in [0.2, 0.25) is 0 Å². The first-order valence-corrected chi connectivity index (χ1v) is 4.58. The molecule has 3 nitrogen and oxygen atoms in total. The Hall–Kier alpha value is -1.35. The first-order valence-electron chi connectivity index (χ1n) is 4.58. The molecular formula is C11H14O3. The van der Waals surface area contributed by atoms with Crippen LogP contribution < -0.4 is 4.74 Å². The molecule has 0 atom stereocenters. The van der Waals surface area contributed by atoms with Crippen molar-refractivity contribution in [2.75, 3.05) is 13.2 Å². The van der Waals surface area contributed by atoms with Gasteiger partial charge in [0.05, 0.1) is 6.61 Å². The van der Waals surface area contributed by atoms with Crippen molar-refractivity contribution in [3.8, 4) is 5.75 Å². The third kappa shape index (κ3) is 3.18. The Kier molecular flexibility index (Phi) is 4.13. The summed E-state index contributed by atoms with van der Waals surface area (Å²) in [5.41, 5.74) is 0.645. The molecule has 0 amide bonds. The predicted molar refractivity (Wildman–Crippen MR) is 53.6 cm³/mol. The average molecular weight is 194 g/mol. The predicted octanol–water partition coefficient (Wildman–Crippen LogP) is 1.65. The molecule has 76 valence electrons. The Morgan fingerprint density at radius 3 is 2.93 bits per heavy atom. The minimum absolute atomic E-state index is 0.0256. The largest absolute Gasteiger partial charge is 0.493 e. The molecular weight excluding hydrogens is 180 g/mol. The number of hydrogen-bond acceptors (Lipinski definition) is 3. The van der Waals surface area contributed by atoms with Gasteiger partial charge in [-0.3, -0.25) is 4.79 Å². The molecule has 1 aromatic rings. The highest BCUT2D eigenvalue weighted by Crippen LogP contribution is 2.13. The van der Waals surface area contributed by atoms with Crippen LogP contribution in [0.3, 0.4) is 0 Å². The molecule has 0 radical (unpaired) electrons. The summed E-state index contributed by atoms with van der Waals surface area (Å²) in [4.78, 5) is 11.0. The molecule has 3 heteroatoms. The molecule has 0 fully saturated rings. The highest BCUT2D eigenvalue weighted by Gasteiger charge is 2.00. The van der Waals surface area contributed by atoms with Gasteiger partial charge in [-0.25, -0.2) is 0 Å². The van der Waals surface area contributed by atoms with E-state index >= 15 is 0 Å². The van der Waals surface area contributed by atoms with E-state index in [0.29, 0.717) is 24.3 Å². The maximum absolute atomic E-state index is 11.0. The van der Waals surface area contributed by atoms with Crippen molar-refractivity contribution in [3.05, 3.63) is 29.8 Å². The molecule has 0 aliphatic heterocycles. The Morgan fingerprint density at radius 1 is 1.50 bits per heavy atom. The fourth-order valence-corrected chi connectivity index (χ4v) is 1.06. The van der Waals surface area contributed by atoms with Crippen molar-refractivity contribution in [2.45, 2.75) is 13.3 Å². The summed E-state index contributed by atoms with van der Waals surface area (Å²) in [6.45, 7) is 2.11. The Balaban J connectivity index is 2.59. The van der Waals surface area contributed by atoms with Crippen molar-refractivity contribution in [1.82, 2.24) is 0 Å². The van der Waals surface area contributed by atoms with E-state index in [1.807, 2.05) is 0 Å². The fraction of sp³-hybridized carbons (Fsp3) is 0.364. The second-order valence-corrected chi connectivity index (χ2v) is 3.01. The minimum atomic E-state index is 0.0256. The van der Waals surface area contributed by atoms with E-state index in [1.165, 1.54) is 6.92 Å². The van der Waals surface area contributed by atoms with Gasteiger partial charge in [0.2, 0.25) is 0 Å². The van der Waals surface area contributed by atoms with E-state index in [9.17, 15) is 4.79 Å². The summed E-state index contributed by atoms with van der Waals surface area (Å²) >= 11 is 0. The lowest BCUT2D eigenvalue weighted by Crippen LogP contribution is -2.00. The summed E-state index contributed by atoms with van der Waals surface area (Å²) < 4.78 is 5.32. The molecule has 1 N–H and O–H groups in total. The van der Waals surface area contributed by atoms with E-state index in [-0.39, 0.29) is 12.4 Å². The smallest absolute Gasteiger partial charge is 0.159 e. The zero-order valence-corrected chi connectivity index (χ0v) is 8.19. The van der Waals surface area contributed by atoms with E-state index in [0.717, 1.165) is 0 Å². The van der Waals surface area contributed by atoms with Gasteiger partial charge in [-0.1, -0.05) is 12.1 Å². The van der Waals surface area contributed by atoms with Crippen molar-refractivity contribution in [2.24, 2.45) is 0 Å². The highest BCUT2D eigenvalue weighted by molar-refractivity contribution is 5.94. The van der Waals surface area contributed by atoms with E-state index in [4.69, 9.17) is 9.84 Å². The quantitative estimate of drug-likeness (QED) is 0.572. The van der Waals surface area contributed by atoms with Crippen LogP contribution in [0, 0.1) is 0 Å². The summed E-state index contributed by atoms with van der Waals surface area (Å²) in [5, 5.41) is 8.55. The molecule has 1 aromatic carbocycles. The molecule has 0 aromatic heterocycles. The number of hydrogen-bond donors (Lipinski definition) is 1. The summed E-state index contributed by atoms with van der Waals surface area (Å²) in [7, 11) is 0. The van der Waals surface area contributed by atoms with Gasteiger partial charge in [-0.05, 0) is 19.1 Å². The van der Waals surface area contributed by atoms with Gasteiger partial charge in [0.1, 0.15) is 5.75 Å². The molecule has 0 aliphatic carbocycles. The summed E-state index contributed by atoms with van der Waals surface area (Å²) in [5.74, 6) is 0.698. The minimum Gasteiger partial charge on any atom is -0.493 e. The number of carbonyl (C=O) groups is 1. The SMILES string of the molecule is CC(=O)c1cccc(OCCCO)c1. The first-order chi connectivity index (χ1) is 6.74. The fourth-order valence-electron chi connectivity index (χ4n) is 1.06. The normalized spacial score (nSPS) is 9.86. The van der Waals surface area contributed by atoms with Gasteiger partial charge in [0.25, 0.3) is 0 Å². The number of aliphatic hydroxyl groups excluding tert-OH is 1. The van der Waals surface area contributed by atoms with Crippen LogP contribution in [-0.2, 0) is 0 Å². The van der Waals surface area contributed by atoms with Crippen LogP contribution in [0.15, 0.2) is 24.3 Å². The van der Waals surface area contributed by atoms with Crippen LogP contribution in [0.4, 0.5) is 0 Å². The number of aliphatic hydroxyl groups is 1. The Bertz CT molecular complexity index is 307. The van der Waals surface area contributed by atoms with Crippen LogP contribution in [-0.4, -0.2) is 24.1 Å². The highest BCUT2D eigenvalue weighted by atomic mass is 16.5. The topological polar surface area (TPSA) is 46.5 Å². The van der Waals surface area contributed by atoms with E-state index in [2.05, 4.69) is 0 Å². The Morgan fingerprint density at radius 2 is 2.29 bits per heavy atom. The van der Waals surface area contributed by atoms with Gasteiger partial charge < -0.3 is 9.84 Å². The van der Waals surface area contributed by atoms with Crippen LogP contribution in [0.25, 0.3) is 0 Å². The van der Waals surface area contributed by atoms with E-state index in [1.54, 1.807) is 24.3 Å². The number of Topliss-reactive ketones (excluding diaryl/α,β-unsaturated/α-hetero) is 1. The van der Waals surface area contributed by atoms with Crippen molar-refractivity contribution in [3.63, 3.8) is 0 Å². The monoisotopic (exact) mass is 194 g/mol. The summed E-state index contributed by atoms with van der Waals surface area (Å²) in [6.07, 6.45) is 0.601. The molecule has 0 bridgehead atoms. The van der Waals surface area contributed by atoms with Gasteiger partial charge in [0.15, 0.2) is 5.78 Å². The van der Waals surface area contributed by atoms with Crippen LogP contribution >= 0.6 is 0 Å². The standard InChI is InChI=1S/C11H14O3/c1-9(13)10-4-2-5-11(8-10)14-7-3-6-12/h2,4-5,8,12H,3,6-7H2,1H3. The average Bonchev–Trinajstić information content (AvgIpc) is 2.19. The van der Waals surface area contributed by atoms with E-state index < -0.39 is 0 Å². The molecule has 0 unspecified atom stereocenters. The number of benzene rings is 1. The van der Waals surface area contributed by atoms with Crippen molar-refractivity contribution >= 4 is 5.78 Å². The maximum atomic E-state index is 11.0. The first kappa shape index (κ1) is 10.7. The van der Waals surface area contributed by atoms with Gasteiger partial charge >= 0.3 is 0 Å². The van der Waals surface area contributed by atoms with Crippen molar-refractivity contribution < 1.29 is 14.6 Å². The molecule has 0 saturated carbocycles. The number of carbonyl (C=O) groups excluding carboxylic acids is 1. The third-order valence-electron chi connectivity index (χ3n) is 1.81. The van der Waals surface area contributed by atoms with Crippen molar-refractivity contribution in [1.29, 1.82) is 0 Å². The molecule has 0 heterocycles. The molecule has 0 aliphatic rings. The number of ether oxygens (including phenoxy) is 1. The zero-order chi connectivity index (χ0) is 10.4. The molecule has 14 heavy (non-hydrogen) atoms. The number of rotatable bonds is 5. The van der Waals surface area contributed by atoms with Crippen LogP contribution in [0.1, 0.15) is 23.7 Å². The lowest BCUT2D eigenvalue weighted by atomic mass is 10.1.